The molecule has 2 aromatic heterocycles. The second-order valence-corrected chi connectivity index (χ2v) is 11.3. The summed E-state index contributed by atoms with van der Waals surface area (Å²) in [7, 11) is 0. The highest BCUT2D eigenvalue weighted by atomic mass is 32.1. The van der Waals surface area contributed by atoms with Crippen LogP contribution in [-0.2, 0) is 6.42 Å². The topological polar surface area (TPSA) is 110 Å². The molecule has 0 saturated carbocycles. The van der Waals surface area contributed by atoms with Crippen molar-refractivity contribution in [1.82, 2.24) is 14.8 Å². The summed E-state index contributed by atoms with van der Waals surface area (Å²) in [6, 6.07) is 9.60. The molecule has 38 heavy (non-hydrogen) atoms. The van der Waals surface area contributed by atoms with Crippen molar-refractivity contribution in [3.63, 3.8) is 0 Å². The van der Waals surface area contributed by atoms with E-state index in [1.54, 1.807) is 29.7 Å². The number of anilines is 3. The van der Waals surface area contributed by atoms with Crippen LogP contribution in [0.25, 0.3) is 0 Å². The molecule has 9 nitrogen and oxygen atoms in total. The van der Waals surface area contributed by atoms with Crippen molar-refractivity contribution < 1.29 is 9.59 Å². The lowest BCUT2D eigenvalue weighted by Crippen LogP contribution is -2.33. The van der Waals surface area contributed by atoms with Crippen LogP contribution in [-0.4, -0.2) is 58.8 Å². The number of carbonyl (C=O) groups is 2. The number of H-pyrrole nitrogens is 1. The Morgan fingerprint density at radius 2 is 1.74 bits per heavy atom. The molecule has 198 valence electrons. The van der Waals surface area contributed by atoms with Crippen LogP contribution in [0.2, 0.25) is 0 Å². The molecule has 1 fully saturated rings. The van der Waals surface area contributed by atoms with Crippen LogP contribution in [0.15, 0.2) is 46.7 Å². The Morgan fingerprint density at radius 1 is 1.03 bits per heavy atom. The van der Waals surface area contributed by atoms with Crippen LogP contribution in [0, 0.1) is 0 Å². The van der Waals surface area contributed by atoms with Crippen molar-refractivity contribution in [2.24, 2.45) is 0 Å². The Labute approximate surface area is 225 Å². The maximum Gasteiger partial charge on any atom is 0.261 e. The van der Waals surface area contributed by atoms with Crippen LogP contribution >= 0.6 is 11.3 Å². The number of aromatic nitrogens is 1. The minimum atomic E-state index is -0.504. The summed E-state index contributed by atoms with van der Waals surface area (Å²) in [6.45, 7) is 5.62. The molecule has 3 aliphatic rings. The number of nitrogens with zero attached hydrogens (tertiary/aromatic N) is 2. The molecule has 1 saturated heterocycles. The Hall–Kier alpha value is -3.63. The number of hydrogen-bond acceptors (Lipinski definition) is 8. The van der Waals surface area contributed by atoms with Crippen molar-refractivity contribution in [1.29, 1.82) is 0 Å². The third-order valence-electron chi connectivity index (χ3n) is 7.54. The van der Waals surface area contributed by atoms with Crippen molar-refractivity contribution >= 4 is 40.2 Å². The summed E-state index contributed by atoms with van der Waals surface area (Å²) in [5.74, 6) is -0.497. The molecule has 10 heteroatoms. The van der Waals surface area contributed by atoms with Gasteiger partial charge >= 0.3 is 0 Å². The predicted molar refractivity (Wildman–Crippen MR) is 150 cm³/mol. The van der Waals surface area contributed by atoms with E-state index in [1.165, 1.54) is 22.6 Å². The van der Waals surface area contributed by atoms with Crippen LogP contribution in [0.1, 0.15) is 63.5 Å². The molecule has 1 unspecified atom stereocenters. The standard InChI is InChI=1S/C28H32N6O3S/c1-17(14-18-6-4-13-38-18)30-21-7-8-29-26(35)24(21)25-31-22-15-19-20(16-23(22)32-25)28(37)34(27(19)36)12-5-11-33-9-2-3-10-33/h4,6-8,13,15-17,25,31-32H,2-3,5,9-12,14H2,1H3,(H2,29,30,35). The SMILES string of the molecule is CC(Cc1cccs1)Nc1cc[nH]c(=O)c1C1Nc2cc3c(cc2N1)C(=O)N(CCCN1CCCC1)C3=O. The molecule has 3 aromatic rings. The zero-order valence-corrected chi connectivity index (χ0v) is 22.2. The van der Waals surface area contributed by atoms with Crippen molar-refractivity contribution in [2.45, 2.75) is 44.8 Å². The molecule has 5 heterocycles. The highest BCUT2D eigenvalue weighted by molar-refractivity contribution is 7.09. The largest absolute Gasteiger partial charge is 0.382 e. The highest BCUT2D eigenvalue weighted by Gasteiger charge is 2.38. The first-order chi connectivity index (χ1) is 18.5. The summed E-state index contributed by atoms with van der Waals surface area (Å²) in [5, 5.41) is 12.3. The van der Waals surface area contributed by atoms with Gasteiger partial charge in [-0.05, 0) is 75.5 Å². The number of hydrogen-bond donors (Lipinski definition) is 4. The fraction of sp³-hybridized carbons (Fsp3) is 0.393. The molecule has 1 atom stereocenters. The van der Waals surface area contributed by atoms with Gasteiger partial charge in [0.15, 0.2) is 0 Å². The van der Waals surface area contributed by atoms with Gasteiger partial charge < -0.3 is 25.8 Å². The van der Waals surface area contributed by atoms with Gasteiger partial charge in [0.05, 0.1) is 28.1 Å². The van der Waals surface area contributed by atoms with Gasteiger partial charge in [-0.25, -0.2) is 0 Å². The van der Waals surface area contributed by atoms with E-state index in [1.807, 2.05) is 12.1 Å². The van der Waals surface area contributed by atoms with E-state index in [4.69, 9.17) is 0 Å². The van der Waals surface area contributed by atoms with E-state index in [-0.39, 0.29) is 23.4 Å². The fourth-order valence-corrected chi connectivity index (χ4v) is 6.51. The molecule has 0 aliphatic carbocycles. The van der Waals surface area contributed by atoms with Gasteiger partial charge in [0.25, 0.3) is 17.4 Å². The molecule has 4 N–H and O–H groups in total. The average Bonchev–Trinajstić information content (AvgIpc) is 3.69. The highest BCUT2D eigenvalue weighted by Crippen LogP contribution is 2.40. The quantitative estimate of drug-likeness (QED) is 0.307. The van der Waals surface area contributed by atoms with E-state index < -0.39 is 6.17 Å². The number of nitrogens with one attached hydrogen (secondary N) is 4. The minimum Gasteiger partial charge on any atom is -0.382 e. The maximum absolute atomic E-state index is 13.1. The first kappa shape index (κ1) is 24.7. The van der Waals surface area contributed by atoms with Crippen LogP contribution in [0.3, 0.4) is 0 Å². The predicted octanol–water partition coefficient (Wildman–Crippen LogP) is 4.10. The van der Waals surface area contributed by atoms with Gasteiger partial charge in [-0.15, -0.1) is 11.3 Å². The molecular formula is C28H32N6O3S. The second kappa shape index (κ2) is 10.3. The summed E-state index contributed by atoms with van der Waals surface area (Å²) in [5.41, 5.74) is 3.29. The molecule has 6 rings (SSSR count). The van der Waals surface area contributed by atoms with Gasteiger partial charge in [0, 0.05) is 35.8 Å². The Bertz CT molecular complexity index is 1370. The summed E-state index contributed by atoms with van der Waals surface area (Å²) < 4.78 is 0. The molecule has 0 radical (unpaired) electrons. The van der Waals surface area contributed by atoms with Crippen molar-refractivity contribution in [3.8, 4) is 0 Å². The van der Waals surface area contributed by atoms with Crippen molar-refractivity contribution in [3.05, 3.63) is 73.8 Å². The Morgan fingerprint density at radius 3 is 2.39 bits per heavy atom. The van der Waals surface area contributed by atoms with E-state index in [9.17, 15) is 14.4 Å². The van der Waals surface area contributed by atoms with Gasteiger partial charge in [0.2, 0.25) is 0 Å². The molecule has 0 spiro atoms. The molecule has 2 amide bonds. The first-order valence-corrected chi connectivity index (χ1v) is 14.2. The number of thiophene rings is 1. The third kappa shape index (κ3) is 4.69. The number of aromatic amines is 1. The van der Waals surface area contributed by atoms with Gasteiger partial charge in [-0.3, -0.25) is 19.3 Å². The van der Waals surface area contributed by atoms with E-state index in [0.717, 1.165) is 38.2 Å². The number of rotatable bonds is 9. The van der Waals surface area contributed by atoms with Gasteiger partial charge in [0.1, 0.15) is 6.17 Å². The molecular weight excluding hydrogens is 500 g/mol. The third-order valence-corrected chi connectivity index (χ3v) is 8.44. The van der Waals surface area contributed by atoms with Crippen LogP contribution in [0.5, 0.6) is 0 Å². The molecule has 0 bridgehead atoms. The molecule has 1 aromatic carbocycles. The number of likely N-dealkylation sites (tertiary alicyclic amines) is 1. The number of fused-ring (bicyclic) bond motifs is 2. The lowest BCUT2D eigenvalue weighted by molar-refractivity contribution is 0.0648. The van der Waals surface area contributed by atoms with Crippen LogP contribution < -0.4 is 21.5 Å². The summed E-state index contributed by atoms with van der Waals surface area (Å²) in [4.78, 5) is 47.0. The maximum atomic E-state index is 13.1. The smallest absolute Gasteiger partial charge is 0.261 e. The summed E-state index contributed by atoms with van der Waals surface area (Å²) in [6.07, 6.45) is 5.21. The lowest BCUT2D eigenvalue weighted by atomic mass is 10.1. The van der Waals surface area contributed by atoms with E-state index in [0.29, 0.717) is 34.6 Å². The fourth-order valence-electron chi connectivity index (χ4n) is 5.68. The molecule has 3 aliphatic heterocycles. The van der Waals surface area contributed by atoms with Gasteiger partial charge in [-0.1, -0.05) is 6.07 Å². The second-order valence-electron chi connectivity index (χ2n) is 10.3. The Kier molecular flexibility index (Phi) is 6.67. The van der Waals surface area contributed by atoms with Gasteiger partial charge in [-0.2, -0.15) is 0 Å². The lowest BCUT2D eigenvalue weighted by Gasteiger charge is -2.20. The number of imide groups is 1. The zero-order valence-electron chi connectivity index (χ0n) is 21.4. The first-order valence-electron chi connectivity index (χ1n) is 13.3. The normalized spacial score (nSPS) is 17.9. The summed E-state index contributed by atoms with van der Waals surface area (Å²) >= 11 is 1.71. The monoisotopic (exact) mass is 532 g/mol. The zero-order chi connectivity index (χ0) is 26.2. The van der Waals surface area contributed by atoms with Crippen molar-refractivity contribution in [2.75, 3.05) is 42.1 Å². The number of pyridine rings is 1. The average molecular weight is 533 g/mol. The number of carbonyl (C=O) groups excluding carboxylic acids is 2. The van der Waals surface area contributed by atoms with E-state index >= 15 is 0 Å². The number of benzene rings is 1. The minimum absolute atomic E-state index is 0.119. The Balaban J connectivity index is 1.17. The van der Waals surface area contributed by atoms with Crippen LogP contribution in [0.4, 0.5) is 17.1 Å². The van der Waals surface area contributed by atoms with E-state index in [2.05, 4.69) is 44.2 Å². The number of amides is 2.